The minimum absolute atomic E-state index is 0.0301. The molecule has 0 bridgehead atoms. The van der Waals surface area contributed by atoms with Gasteiger partial charge in [0, 0.05) is 0 Å². The Morgan fingerprint density at radius 1 is 1.90 bits per heavy atom. The molecule has 0 saturated carbocycles. The van der Waals surface area contributed by atoms with Crippen LogP contribution in [0.5, 0.6) is 0 Å². The quantitative estimate of drug-likeness (QED) is 0.448. The van der Waals surface area contributed by atoms with Gasteiger partial charge in [0.2, 0.25) is 0 Å². The maximum absolute atomic E-state index is 10.7. The van der Waals surface area contributed by atoms with Crippen LogP contribution >= 0.6 is 0 Å². The topological polar surface area (TPSA) is 74.8 Å². The number of aliphatic hydroxyl groups excluding tert-OH is 1. The van der Waals surface area contributed by atoms with E-state index in [1.807, 2.05) is 0 Å². The van der Waals surface area contributed by atoms with Gasteiger partial charge in [-0.2, -0.15) is 0 Å². The molecule has 0 radical (unpaired) electrons. The fraction of sp³-hybridized carbons (Fsp3) is 0.750. The van der Waals surface area contributed by atoms with E-state index in [1.165, 1.54) is 11.8 Å². The van der Waals surface area contributed by atoms with Crippen LogP contribution < -0.4 is 10.5 Å². The second-order valence-electron chi connectivity index (χ2n) is 1.88. The smallest absolute Gasteiger partial charge is 0.392 e. The molecule has 1 heterocycles. The maximum atomic E-state index is 10.7. The number of rotatable bonds is 2. The monoisotopic (exact) mass is 145 g/mol. The maximum Gasteiger partial charge on any atom is 0.465 e. The van der Waals surface area contributed by atoms with Crippen molar-refractivity contribution in [1.29, 1.82) is 0 Å². The first-order valence-electron chi connectivity index (χ1n) is 2.88. The Morgan fingerprint density at radius 2 is 2.60 bits per heavy atom. The summed E-state index contributed by atoms with van der Waals surface area (Å²) in [5, 5.41) is 14.5. The van der Waals surface area contributed by atoms with Crippen molar-refractivity contribution in [3.05, 3.63) is 10.5 Å². The van der Waals surface area contributed by atoms with Gasteiger partial charge in [-0.1, -0.05) is 9.48 Å². The predicted molar refractivity (Wildman–Crippen MR) is 31.1 cm³/mol. The summed E-state index contributed by atoms with van der Waals surface area (Å²) in [5.74, 6) is 0. The zero-order valence-electron chi connectivity index (χ0n) is 5.61. The third-order valence-corrected chi connectivity index (χ3v) is 1.07. The summed E-state index contributed by atoms with van der Waals surface area (Å²) in [5.41, 5.74) is -0.284. The van der Waals surface area contributed by atoms with Crippen LogP contribution in [0.1, 0.15) is 0 Å². The average molecular weight is 145 g/mol. The van der Waals surface area contributed by atoms with E-state index >= 15 is 0 Å². The van der Waals surface area contributed by atoms with E-state index < -0.39 is 0 Å². The largest absolute Gasteiger partial charge is 0.465 e. The van der Waals surface area contributed by atoms with Crippen molar-refractivity contribution >= 4 is 0 Å². The first-order valence-corrected chi connectivity index (χ1v) is 2.88. The molecule has 0 aliphatic carbocycles. The number of hydrogen-bond acceptors (Lipinski definition) is 3. The van der Waals surface area contributed by atoms with Crippen LogP contribution in [-0.2, 0) is 13.6 Å². The Morgan fingerprint density at radius 3 is 3.00 bits per heavy atom. The molecule has 0 saturated heterocycles. The number of tetrazole rings is 1. The number of nitrogens with one attached hydrogen (secondary N) is 1. The highest BCUT2D eigenvalue weighted by Gasteiger charge is 2.05. The van der Waals surface area contributed by atoms with E-state index in [0.29, 0.717) is 6.54 Å². The van der Waals surface area contributed by atoms with Crippen molar-refractivity contribution in [2.24, 2.45) is 7.05 Å². The minimum Gasteiger partial charge on any atom is -0.392 e. The van der Waals surface area contributed by atoms with Gasteiger partial charge in [0.1, 0.15) is 12.3 Å². The van der Waals surface area contributed by atoms with Gasteiger partial charge in [-0.3, -0.25) is 0 Å². The normalized spacial score (nSPS) is 10.2. The second-order valence-corrected chi connectivity index (χ2v) is 1.88. The summed E-state index contributed by atoms with van der Waals surface area (Å²) < 4.78 is 1.16. The van der Waals surface area contributed by atoms with Gasteiger partial charge >= 0.3 is 5.69 Å². The summed E-state index contributed by atoms with van der Waals surface area (Å²) in [6, 6.07) is 0. The summed E-state index contributed by atoms with van der Waals surface area (Å²) in [4.78, 5) is 11.9. The highest BCUT2D eigenvalue weighted by Crippen LogP contribution is 1.55. The van der Waals surface area contributed by atoms with Crippen molar-refractivity contribution in [2.75, 3.05) is 6.61 Å². The number of H-pyrrole nitrogens is 1. The molecule has 1 rings (SSSR count). The van der Waals surface area contributed by atoms with Crippen LogP contribution in [0.4, 0.5) is 0 Å². The zero-order chi connectivity index (χ0) is 7.56. The zero-order valence-corrected chi connectivity index (χ0v) is 5.61. The molecule has 56 valence electrons. The highest BCUT2D eigenvalue weighted by molar-refractivity contribution is 4.40. The number of hydrogen-bond donors (Lipinski definition) is 2. The molecular formula is C4H9N4O2+. The van der Waals surface area contributed by atoms with Gasteiger partial charge in [0.05, 0.1) is 6.61 Å². The van der Waals surface area contributed by atoms with Gasteiger partial charge in [-0.05, 0) is 0 Å². The van der Waals surface area contributed by atoms with E-state index in [2.05, 4.69) is 10.3 Å². The lowest BCUT2D eigenvalue weighted by Crippen LogP contribution is -2.42. The van der Waals surface area contributed by atoms with Crippen LogP contribution in [0.2, 0.25) is 0 Å². The second kappa shape index (κ2) is 2.61. The SMILES string of the molecule is Cn1n[n+](CCO)[nH]c1=O. The molecule has 0 fully saturated rings. The molecule has 0 amide bonds. The van der Waals surface area contributed by atoms with Crippen LogP contribution in [0, 0.1) is 0 Å². The molecule has 1 aromatic rings. The van der Waals surface area contributed by atoms with Gasteiger partial charge in [0.25, 0.3) is 0 Å². The van der Waals surface area contributed by atoms with Gasteiger partial charge in [-0.15, -0.1) is 5.10 Å². The molecule has 6 heteroatoms. The fourth-order valence-corrected chi connectivity index (χ4v) is 0.603. The Balaban J connectivity index is 2.88. The summed E-state index contributed by atoms with van der Waals surface area (Å²) in [6.07, 6.45) is 0. The van der Waals surface area contributed by atoms with Crippen LogP contribution in [-0.4, -0.2) is 26.7 Å². The third kappa shape index (κ3) is 1.21. The Hall–Kier alpha value is -1.17. The Bertz CT molecular complexity index is 262. The molecule has 0 aliphatic heterocycles. The van der Waals surface area contributed by atoms with E-state index in [-0.39, 0.29) is 12.3 Å². The van der Waals surface area contributed by atoms with Crippen molar-refractivity contribution in [3.8, 4) is 0 Å². The first-order chi connectivity index (χ1) is 4.74. The summed E-state index contributed by atoms with van der Waals surface area (Å²) in [6.45, 7) is 0.285. The molecule has 0 unspecified atom stereocenters. The fourth-order valence-electron chi connectivity index (χ4n) is 0.603. The summed E-state index contributed by atoms with van der Waals surface area (Å²) >= 11 is 0. The molecule has 1 aromatic heterocycles. The number of aliphatic hydroxyl groups is 1. The van der Waals surface area contributed by atoms with Crippen LogP contribution in [0.15, 0.2) is 4.79 Å². The van der Waals surface area contributed by atoms with Crippen molar-refractivity contribution in [1.82, 2.24) is 15.0 Å². The lowest BCUT2D eigenvalue weighted by Gasteiger charge is -1.82. The lowest BCUT2D eigenvalue weighted by molar-refractivity contribution is -0.807. The van der Waals surface area contributed by atoms with Gasteiger partial charge in [0.15, 0.2) is 6.54 Å². The van der Waals surface area contributed by atoms with Crippen molar-refractivity contribution < 1.29 is 9.90 Å². The van der Waals surface area contributed by atoms with Crippen molar-refractivity contribution in [3.63, 3.8) is 0 Å². The van der Waals surface area contributed by atoms with Crippen LogP contribution in [0.25, 0.3) is 0 Å². The molecule has 0 aromatic carbocycles. The van der Waals surface area contributed by atoms with E-state index in [9.17, 15) is 4.79 Å². The van der Waals surface area contributed by atoms with E-state index in [0.717, 1.165) is 4.68 Å². The van der Waals surface area contributed by atoms with Gasteiger partial charge in [-0.25, -0.2) is 4.79 Å². The van der Waals surface area contributed by atoms with Crippen LogP contribution in [0.3, 0.4) is 0 Å². The highest BCUT2D eigenvalue weighted by atomic mass is 16.3. The molecule has 0 aliphatic rings. The molecule has 6 nitrogen and oxygen atoms in total. The molecular weight excluding hydrogens is 136 g/mol. The third-order valence-electron chi connectivity index (χ3n) is 1.07. The molecule has 0 atom stereocenters. The number of aromatic nitrogens is 4. The minimum atomic E-state index is -0.284. The summed E-state index contributed by atoms with van der Waals surface area (Å²) in [7, 11) is 1.53. The number of aromatic amines is 1. The predicted octanol–water partition coefficient (Wildman–Crippen LogP) is -2.61. The average Bonchev–Trinajstić information content (AvgIpc) is 2.14. The van der Waals surface area contributed by atoms with E-state index in [4.69, 9.17) is 5.11 Å². The number of nitrogens with zero attached hydrogens (tertiary/aromatic N) is 3. The number of aryl methyl sites for hydroxylation is 1. The first kappa shape index (κ1) is 6.94. The lowest BCUT2D eigenvalue weighted by atomic mass is 10.7. The molecule has 10 heavy (non-hydrogen) atoms. The van der Waals surface area contributed by atoms with Gasteiger partial charge < -0.3 is 5.11 Å². The molecule has 0 spiro atoms. The van der Waals surface area contributed by atoms with E-state index in [1.54, 1.807) is 0 Å². The Labute approximate surface area is 56.7 Å². The standard InChI is InChI=1S/C4H8N4O2/c1-7-4(10)5-8(6-7)2-3-9/h9H,2-3H2,1H3/p+1. The van der Waals surface area contributed by atoms with Crippen molar-refractivity contribution in [2.45, 2.75) is 6.54 Å². The molecule has 2 N–H and O–H groups in total. The Kier molecular flexibility index (Phi) is 1.81.